The molecule has 3 heterocycles. The maximum atomic E-state index is 14.0. The van der Waals surface area contributed by atoms with Crippen LogP contribution in [0.5, 0.6) is 0 Å². The van der Waals surface area contributed by atoms with Crippen molar-refractivity contribution < 1.29 is 8.78 Å². The largest absolute Gasteiger partial charge is 0.378 e. The van der Waals surface area contributed by atoms with E-state index in [0.29, 0.717) is 16.5 Å². The van der Waals surface area contributed by atoms with Crippen molar-refractivity contribution in [1.82, 2.24) is 19.9 Å². The fraction of sp³-hybridized carbons (Fsp3) is 0.429. The molecule has 0 spiro atoms. The van der Waals surface area contributed by atoms with E-state index < -0.39 is 11.6 Å². The van der Waals surface area contributed by atoms with Crippen molar-refractivity contribution in [3.63, 3.8) is 0 Å². The Bertz CT molecular complexity index is 998. The number of nitrogens with one attached hydrogen (secondary N) is 2. The van der Waals surface area contributed by atoms with Crippen molar-refractivity contribution in [3.8, 4) is 0 Å². The topological polar surface area (TPSA) is 54.2 Å². The Kier molecular flexibility index (Phi) is 6.01. The number of nitrogens with zero attached hydrogens (tertiary/aromatic N) is 3. The van der Waals surface area contributed by atoms with Crippen LogP contribution in [0.1, 0.15) is 43.9 Å². The van der Waals surface area contributed by atoms with Crippen molar-refractivity contribution in [3.05, 3.63) is 53.4 Å². The Morgan fingerprint density at radius 3 is 2.76 bits per heavy atom. The molecule has 1 saturated heterocycles. The predicted molar refractivity (Wildman–Crippen MR) is 113 cm³/mol. The zero-order valence-electron chi connectivity index (χ0n) is 16.6. The third-order valence-corrected chi connectivity index (χ3v) is 6.37. The molecule has 29 heavy (non-hydrogen) atoms. The SMILES string of the molecule is CC(C)c1cnc2c(NCc3ccc(F)cc3F)cc(SC3CCNCC3)nn12. The molecule has 3 aromatic rings. The van der Waals surface area contributed by atoms with E-state index in [1.54, 1.807) is 11.8 Å². The number of halogens is 2. The summed E-state index contributed by atoms with van der Waals surface area (Å²) in [6.07, 6.45) is 4.05. The maximum absolute atomic E-state index is 14.0. The first-order chi connectivity index (χ1) is 14.0. The van der Waals surface area contributed by atoms with Crippen LogP contribution in [0.3, 0.4) is 0 Å². The molecule has 2 N–H and O–H groups in total. The first-order valence-corrected chi connectivity index (χ1v) is 10.8. The van der Waals surface area contributed by atoms with Gasteiger partial charge in [0, 0.05) is 23.4 Å². The number of hydrogen-bond acceptors (Lipinski definition) is 5. The quantitative estimate of drug-likeness (QED) is 0.615. The van der Waals surface area contributed by atoms with Gasteiger partial charge in [0.05, 0.1) is 17.6 Å². The number of rotatable bonds is 6. The van der Waals surface area contributed by atoms with E-state index in [-0.39, 0.29) is 12.5 Å². The maximum Gasteiger partial charge on any atom is 0.177 e. The van der Waals surface area contributed by atoms with Crippen LogP contribution in [0.25, 0.3) is 5.65 Å². The van der Waals surface area contributed by atoms with Gasteiger partial charge in [-0.3, -0.25) is 0 Å². The average Bonchev–Trinajstić information content (AvgIpc) is 3.12. The van der Waals surface area contributed by atoms with Gasteiger partial charge in [0.25, 0.3) is 0 Å². The predicted octanol–water partition coefficient (Wildman–Crippen LogP) is 4.59. The molecule has 8 heteroatoms. The van der Waals surface area contributed by atoms with Crippen LogP contribution in [0.15, 0.2) is 35.5 Å². The van der Waals surface area contributed by atoms with E-state index in [1.807, 2.05) is 16.8 Å². The fourth-order valence-corrected chi connectivity index (χ4v) is 4.61. The molecule has 0 unspecified atom stereocenters. The van der Waals surface area contributed by atoms with Gasteiger partial charge in [0.2, 0.25) is 0 Å². The number of benzene rings is 1. The zero-order chi connectivity index (χ0) is 20.4. The average molecular weight is 418 g/mol. The van der Waals surface area contributed by atoms with E-state index in [4.69, 9.17) is 5.10 Å². The van der Waals surface area contributed by atoms with E-state index in [1.165, 1.54) is 12.1 Å². The van der Waals surface area contributed by atoms with Gasteiger partial charge in [-0.05, 0) is 44.0 Å². The second kappa shape index (κ2) is 8.67. The van der Waals surface area contributed by atoms with Crippen molar-refractivity contribution in [2.45, 2.75) is 49.4 Å². The second-order valence-corrected chi connectivity index (χ2v) is 8.95. The van der Waals surface area contributed by atoms with Gasteiger partial charge < -0.3 is 10.6 Å². The minimum absolute atomic E-state index is 0.243. The number of hydrogen-bond donors (Lipinski definition) is 2. The van der Waals surface area contributed by atoms with E-state index >= 15 is 0 Å². The molecule has 1 aliphatic heterocycles. The van der Waals surface area contributed by atoms with Crippen LogP contribution < -0.4 is 10.6 Å². The minimum atomic E-state index is -0.576. The van der Waals surface area contributed by atoms with Gasteiger partial charge in [-0.2, -0.15) is 5.10 Å². The summed E-state index contributed by atoms with van der Waals surface area (Å²) in [5, 5.41) is 12.9. The fourth-order valence-electron chi connectivity index (χ4n) is 3.48. The minimum Gasteiger partial charge on any atom is -0.378 e. The van der Waals surface area contributed by atoms with Gasteiger partial charge in [-0.1, -0.05) is 19.9 Å². The van der Waals surface area contributed by atoms with Crippen molar-refractivity contribution in [2.24, 2.45) is 0 Å². The molecule has 0 amide bonds. The first kappa shape index (κ1) is 20.1. The number of aromatic nitrogens is 3. The van der Waals surface area contributed by atoms with Crippen LogP contribution in [-0.2, 0) is 6.54 Å². The number of thioether (sulfide) groups is 1. The second-order valence-electron chi connectivity index (χ2n) is 7.63. The lowest BCUT2D eigenvalue weighted by Crippen LogP contribution is -2.29. The van der Waals surface area contributed by atoms with Crippen molar-refractivity contribution in [2.75, 3.05) is 18.4 Å². The van der Waals surface area contributed by atoms with Crippen LogP contribution in [0.2, 0.25) is 0 Å². The smallest absolute Gasteiger partial charge is 0.177 e. The van der Waals surface area contributed by atoms with Crippen molar-refractivity contribution >= 4 is 23.1 Å². The molecule has 4 rings (SSSR count). The molecule has 1 fully saturated rings. The Labute approximate surface area is 173 Å². The monoisotopic (exact) mass is 417 g/mol. The highest BCUT2D eigenvalue weighted by atomic mass is 32.2. The van der Waals surface area contributed by atoms with Gasteiger partial charge in [0.1, 0.15) is 16.7 Å². The Morgan fingerprint density at radius 1 is 1.24 bits per heavy atom. The lowest BCUT2D eigenvalue weighted by Gasteiger charge is -2.22. The first-order valence-electron chi connectivity index (χ1n) is 9.95. The molecular weight excluding hydrogens is 392 g/mol. The van der Waals surface area contributed by atoms with Crippen LogP contribution in [0, 0.1) is 11.6 Å². The molecule has 5 nitrogen and oxygen atoms in total. The number of fused-ring (bicyclic) bond motifs is 1. The van der Waals surface area contributed by atoms with Crippen LogP contribution >= 0.6 is 11.8 Å². The standard InChI is InChI=1S/C21H25F2N5S/c1-13(2)19-12-26-21-18(25-11-14-3-4-15(22)9-17(14)23)10-20(27-28(19)21)29-16-5-7-24-8-6-16/h3-4,9-10,12-13,16,24-25H,5-8,11H2,1-2H3. The highest BCUT2D eigenvalue weighted by Crippen LogP contribution is 2.31. The number of imidazole rings is 1. The van der Waals surface area contributed by atoms with E-state index in [0.717, 1.165) is 48.4 Å². The van der Waals surface area contributed by atoms with Gasteiger partial charge in [-0.15, -0.1) is 11.8 Å². The van der Waals surface area contributed by atoms with Gasteiger partial charge >= 0.3 is 0 Å². The third-order valence-electron chi connectivity index (χ3n) is 5.12. The molecule has 0 radical (unpaired) electrons. The number of piperidine rings is 1. The number of anilines is 1. The Balaban J connectivity index is 1.65. The molecule has 1 aliphatic rings. The summed E-state index contributed by atoms with van der Waals surface area (Å²) >= 11 is 1.78. The summed E-state index contributed by atoms with van der Waals surface area (Å²) in [4.78, 5) is 4.54. The molecule has 0 bridgehead atoms. The summed E-state index contributed by atoms with van der Waals surface area (Å²) in [6, 6.07) is 5.63. The summed E-state index contributed by atoms with van der Waals surface area (Å²) in [7, 11) is 0. The van der Waals surface area contributed by atoms with Crippen LogP contribution in [0.4, 0.5) is 14.5 Å². The molecular formula is C21H25F2N5S. The lowest BCUT2D eigenvalue weighted by molar-refractivity contribution is 0.531. The highest BCUT2D eigenvalue weighted by molar-refractivity contribution is 7.99. The Hall–Kier alpha value is -2.19. The molecule has 0 atom stereocenters. The summed E-state index contributed by atoms with van der Waals surface area (Å²) in [5.41, 5.74) is 2.95. The van der Waals surface area contributed by atoms with Gasteiger partial charge in [-0.25, -0.2) is 18.3 Å². The lowest BCUT2D eigenvalue weighted by atomic mass is 10.1. The summed E-state index contributed by atoms with van der Waals surface area (Å²) < 4.78 is 29.1. The highest BCUT2D eigenvalue weighted by Gasteiger charge is 2.19. The van der Waals surface area contributed by atoms with Crippen LogP contribution in [-0.4, -0.2) is 32.9 Å². The summed E-state index contributed by atoms with van der Waals surface area (Å²) in [5.74, 6) is -0.856. The van der Waals surface area contributed by atoms with Crippen molar-refractivity contribution in [1.29, 1.82) is 0 Å². The Morgan fingerprint density at radius 2 is 2.03 bits per heavy atom. The molecule has 2 aromatic heterocycles. The van der Waals surface area contributed by atoms with E-state index in [9.17, 15) is 8.78 Å². The molecule has 1 aromatic carbocycles. The van der Waals surface area contributed by atoms with Gasteiger partial charge in [0.15, 0.2) is 5.65 Å². The summed E-state index contributed by atoms with van der Waals surface area (Å²) in [6.45, 7) is 6.51. The third kappa shape index (κ3) is 4.53. The normalized spacial score (nSPS) is 15.3. The molecule has 0 aliphatic carbocycles. The zero-order valence-corrected chi connectivity index (χ0v) is 17.4. The molecule has 0 saturated carbocycles. The van der Waals surface area contributed by atoms with E-state index in [2.05, 4.69) is 29.5 Å². The molecule has 154 valence electrons.